The van der Waals surface area contributed by atoms with Crippen molar-refractivity contribution < 1.29 is 23.8 Å². The first kappa shape index (κ1) is 20.3. The number of rotatable bonds is 6. The monoisotopic (exact) mass is 371 g/mol. The molecule has 2 aromatic rings. The summed E-state index contributed by atoms with van der Waals surface area (Å²) in [5.41, 5.74) is 3.95. The highest BCUT2D eigenvalue weighted by molar-refractivity contribution is 5.99. The highest BCUT2D eigenvalue weighted by Crippen LogP contribution is 2.31. The Balaban J connectivity index is 2.14. The van der Waals surface area contributed by atoms with E-state index in [1.807, 2.05) is 32.9 Å². The summed E-state index contributed by atoms with van der Waals surface area (Å²) in [6, 6.07) is 8.86. The lowest BCUT2D eigenvalue weighted by molar-refractivity contribution is -0.123. The number of hydrogen-bond donors (Lipinski definition) is 1. The lowest BCUT2D eigenvalue weighted by atomic mass is 10.0. The number of ether oxygens (including phenoxy) is 3. The minimum absolute atomic E-state index is 0.194. The zero-order valence-electron chi connectivity index (χ0n) is 16.5. The van der Waals surface area contributed by atoms with Crippen LogP contribution in [0.3, 0.4) is 0 Å². The molecule has 0 aliphatic rings. The molecule has 0 radical (unpaired) electrons. The molecule has 2 rings (SSSR count). The van der Waals surface area contributed by atoms with Crippen LogP contribution in [0.2, 0.25) is 0 Å². The predicted octanol–water partition coefficient (Wildman–Crippen LogP) is 3.81. The van der Waals surface area contributed by atoms with Gasteiger partial charge in [-0.2, -0.15) is 0 Å². The molecular weight excluding hydrogens is 346 g/mol. The van der Waals surface area contributed by atoms with Gasteiger partial charge in [0, 0.05) is 5.69 Å². The van der Waals surface area contributed by atoms with Gasteiger partial charge in [-0.25, -0.2) is 4.79 Å². The van der Waals surface area contributed by atoms with Crippen LogP contribution in [0.15, 0.2) is 30.3 Å². The quantitative estimate of drug-likeness (QED) is 0.782. The average Bonchev–Trinajstić information content (AvgIpc) is 2.63. The molecule has 1 N–H and O–H groups in total. The predicted molar refractivity (Wildman–Crippen MR) is 104 cm³/mol. The summed E-state index contributed by atoms with van der Waals surface area (Å²) in [6.45, 7) is 7.37. The topological polar surface area (TPSA) is 73.9 Å². The van der Waals surface area contributed by atoms with Crippen LogP contribution in [-0.4, -0.2) is 32.2 Å². The highest BCUT2D eigenvalue weighted by atomic mass is 16.6. The fraction of sp³-hybridized carbons (Fsp3) is 0.333. The lowest BCUT2D eigenvalue weighted by Crippen LogP contribution is -2.30. The highest BCUT2D eigenvalue weighted by Gasteiger charge is 2.23. The van der Waals surface area contributed by atoms with Crippen molar-refractivity contribution in [1.29, 1.82) is 0 Å². The molecule has 0 spiro atoms. The minimum Gasteiger partial charge on any atom is -0.493 e. The molecule has 0 saturated heterocycles. The number of esters is 1. The molecule has 2 aromatic carbocycles. The Kier molecular flexibility index (Phi) is 6.45. The number of carbonyl (C=O) groups excluding carboxylic acids is 2. The molecular formula is C21H25NO5. The maximum atomic E-state index is 12.5. The van der Waals surface area contributed by atoms with Gasteiger partial charge in [0.2, 0.25) is 0 Å². The molecule has 0 aliphatic heterocycles. The first-order valence-corrected chi connectivity index (χ1v) is 8.59. The summed E-state index contributed by atoms with van der Waals surface area (Å²) in [4.78, 5) is 25.0. The number of aryl methyl sites for hydroxylation is 3. The van der Waals surface area contributed by atoms with Gasteiger partial charge in [0.1, 0.15) is 5.56 Å². The summed E-state index contributed by atoms with van der Waals surface area (Å²) >= 11 is 0. The van der Waals surface area contributed by atoms with Crippen molar-refractivity contribution >= 4 is 17.6 Å². The van der Waals surface area contributed by atoms with E-state index < -0.39 is 18.0 Å². The maximum Gasteiger partial charge on any atom is 0.342 e. The van der Waals surface area contributed by atoms with Crippen molar-refractivity contribution in [2.75, 3.05) is 19.5 Å². The van der Waals surface area contributed by atoms with Crippen LogP contribution >= 0.6 is 0 Å². The van der Waals surface area contributed by atoms with Gasteiger partial charge in [0.05, 0.1) is 14.2 Å². The van der Waals surface area contributed by atoms with E-state index in [4.69, 9.17) is 14.2 Å². The van der Waals surface area contributed by atoms with E-state index >= 15 is 0 Å². The van der Waals surface area contributed by atoms with Crippen molar-refractivity contribution in [2.45, 2.75) is 33.8 Å². The largest absolute Gasteiger partial charge is 0.493 e. The van der Waals surface area contributed by atoms with Gasteiger partial charge in [0.15, 0.2) is 17.6 Å². The third-order valence-corrected chi connectivity index (χ3v) is 4.20. The second-order valence-corrected chi connectivity index (χ2v) is 6.35. The molecule has 0 heterocycles. The zero-order chi connectivity index (χ0) is 20.1. The van der Waals surface area contributed by atoms with Crippen LogP contribution in [0.25, 0.3) is 0 Å². The molecule has 144 valence electrons. The molecule has 0 aliphatic carbocycles. The number of benzene rings is 2. The van der Waals surface area contributed by atoms with E-state index in [2.05, 4.69) is 5.32 Å². The van der Waals surface area contributed by atoms with E-state index in [9.17, 15) is 9.59 Å². The summed E-state index contributed by atoms with van der Waals surface area (Å²) in [6.07, 6.45) is -0.978. The third-order valence-electron chi connectivity index (χ3n) is 4.20. The second kappa shape index (κ2) is 8.58. The Labute approximate surface area is 159 Å². The Morgan fingerprint density at radius 1 is 1.00 bits per heavy atom. The molecule has 0 unspecified atom stereocenters. The zero-order valence-corrected chi connectivity index (χ0v) is 16.5. The summed E-state index contributed by atoms with van der Waals surface area (Å²) in [7, 11) is 2.92. The van der Waals surface area contributed by atoms with Gasteiger partial charge in [-0.05, 0) is 51.0 Å². The van der Waals surface area contributed by atoms with Crippen LogP contribution in [0, 0.1) is 20.8 Å². The molecule has 0 bridgehead atoms. The molecule has 1 amide bonds. The van der Waals surface area contributed by atoms with Gasteiger partial charge in [-0.1, -0.05) is 23.8 Å². The Morgan fingerprint density at radius 2 is 1.63 bits per heavy atom. The van der Waals surface area contributed by atoms with Crippen LogP contribution in [0.4, 0.5) is 5.69 Å². The van der Waals surface area contributed by atoms with Crippen molar-refractivity contribution in [2.24, 2.45) is 0 Å². The van der Waals surface area contributed by atoms with Crippen LogP contribution < -0.4 is 14.8 Å². The molecule has 27 heavy (non-hydrogen) atoms. The molecule has 0 fully saturated rings. The Morgan fingerprint density at radius 3 is 2.19 bits per heavy atom. The fourth-order valence-electron chi connectivity index (χ4n) is 2.93. The first-order valence-electron chi connectivity index (χ1n) is 8.59. The van der Waals surface area contributed by atoms with Gasteiger partial charge < -0.3 is 19.5 Å². The maximum absolute atomic E-state index is 12.5. The molecule has 6 heteroatoms. The number of amides is 1. The molecule has 0 saturated carbocycles. The fourth-order valence-corrected chi connectivity index (χ4v) is 2.93. The van der Waals surface area contributed by atoms with Gasteiger partial charge in [-0.3, -0.25) is 4.79 Å². The Hall–Kier alpha value is -3.02. The number of para-hydroxylation sites is 1. The van der Waals surface area contributed by atoms with E-state index in [0.29, 0.717) is 5.75 Å². The first-order chi connectivity index (χ1) is 12.8. The smallest absolute Gasteiger partial charge is 0.342 e. The second-order valence-electron chi connectivity index (χ2n) is 6.35. The summed E-state index contributed by atoms with van der Waals surface area (Å²) < 4.78 is 15.8. The van der Waals surface area contributed by atoms with E-state index in [1.54, 1.807) is 18.2 Å². The number of anilines is 1. The van der Waals surface area contributed by atoms with E-state index in [0.717, 1.165) is 22.4 Å². The SMILES string of the molecule is COc1cccc(C(=O)O[C@@H](C)C(=O)Nc2c(C)cc(C)cc2C)c1OC. The number of nitrogens with one attached hydrogen (secondary N) is 1. The lowest BCUT2D eigenvalue weighted by Gasteiger charge is -2.18. The van der Waals surface area contributed by atoms with Crippen molar-refractivity contribution in [3.8, 4) is 11.5 Å². The van der Waals surface area contributed by atoms with Crippen molar-refractivity contribution in [3.63, 3.8) is 0 Å². The van der Waals surface area contributed by atoms with Gasteiger partial charge in [-0.15, -0.1) is 0 Å². The number of hydrogen-bond acceptors (Lipinski definition) is 5. The summed E-state index contributed by atoms with van der Waals surface area (Å²) in [5, 5.41) is 2.84. The molecule has 6 nitrogen and oxygen atoms in total. The van der Waals surface area contributed by atoms with Gasteiger partial charge >= 0.3 is 5.97 Å². The standard InChI is InChI=1S/C21H25NO5/c1-12-10-13(2)18(14(3)11-12)22-20(23)15(4)27-21(24)16-8-7-9-17(25-5)19(16)26-6/h7-11,15H,1-6H3,(H,22,23)/t15-/m0/s1. The van der Waals surface area contributed by atoms with Crippen LogP contribution in [0.1, 0.15) is 34.0 Å². The number of carbonyl (C=O) groups is 2. The van der Waals surface area contributed by atoms with Crippen molar-refractivity contribution in [1.82, 2.24) is 0 Å². The summed E-state index contributed by atoms with van der Waals surface area (Å²) in [5.74, 6) is -0.385. The van der Waals surface area contributed by atoms with E-state index in [-0.39, 0.29) is 11.3 Å². The molecule has 0 aromatic heterocycles. The van der Waals surface area contributed by atoms with Crippen LogP contribution in [-0.2, 0) is 9.53 Å². The van der Waals surface area contributed by atoms with Crippen molar-refractivity contribution in [3.05, 3.63) is 52.6 Å². The molecule has 1 atom stereocenters. The normalized spacial score (nSPS) is 11.5. The third kappa shape index (κ3) is 4.58. The number of methoxy groups -OCH3 is 2. The minimum atomic E-state index is -0.978. The van der Waals surface area contributed by atoms with E-state index in [1.165, 1.54) is 21.1 Å². The van der Waals surface area contributed by atoms with Gasteiger partial charge in [0.25, 0.3) is 5.91 Å². The Bertz CT molecular complexity index is 837. The van der Waals surface area contributed by atoms with Crippen LogP contribution in [0.5, 0.6) is 11.5 Å². The average molecular weight is 371 g/mol.